The highest BCUT2D eigenvalue weighted by Gasteiger charge is 2.19. The fraction of sp³-hybridized carbons (Fsp3) is 0.412. The third-order valence-corrected chi connectivity index (χ3v) is 2.75. The zero-order valence-corrected chi connectivity index (χ0v) is 12.6. The smallest absolute Gasteiger partial charge is 0.308 e. The molecule has 4 heteroatoms. The van der Waals surface area contributed by atoms with Crippen LogP contribution in [0.15, 0.2) is 43.0 Å². The van der Waals surface area contributed by atoms with Gasteiger partial charge in [-0.25, -0.2) is 0 Å². The van der Waals surface area contributed by atoms with Gasteiger partial charge in [-0.2, -0.15) is 0 Å². The molecule has 1 atom stereocenters. The normalized spacial score (nSPS) is 12.0. The van der Waals surface area contributed by atoms with E-state index in [-0.39, 0.29) is 30.7 Å². The summed E-state index contributed by atoms with van der Waals surface area (Å²) in [7, 11) is 0. The van der Waals surface area contributed by atoms with Crippen LogP contribution in [0.2, 0.25) is 0 Å². The van der Waals surface area contributed by atoms with Gasteiger partial charge in [-0.05, 0) is 25.5 Å². The van der Waals surface area contributed by atoms with Crippen LogP contribution < -0.4 is 0 Å². The van der Waals surface area contributed by atoms with Crippen molar-refractivity contribution in [1.29, 1.82) is 0 Å². The Labute approximate surface area is 125 Å². The van der Waals surface area contributed by atoms with Crippen molar-refractivity contribution in [3.8, 4) is 0 Å². The van der Waals surface area contributed by atoms with Gasteiger partial charge in [-0.15, -0.1) is 0 Å². The van der Waals surface area contributed by atoms with Gasteiger partial charge in [0.1, 0.15) is 0 Å². The zero-order chi connectivity index (χ0) is 15.7. The Kier molecular flexibility index (Phi) is 7.40. The van der Waals surface area contributed by atoms with Gasteiger partial charge >= 0.3 is 5.97 Å². The Bertz CT molecular complexity index is 465. The molecular formula is C17H22O4. The van der Waals surface area contributed by atoms with Gasteiger partial charge in [0.05, 0.1) is 25.2 Å². The number of carbonyl (C=O) groups excluding carboxylic acids is 2. The van der Waals surface area contributed by atoms with Gasteiger partial charge in [0.25, 0.3) is 0 Å². The van der Waals surface area contributed by atoms with E-state index in [1.165, 1.54) is 6.08 Å². The lowest BCUT2D eigenvalue weighted by Crippen LogP contribution is -2.23. The van der Waals surface area contributed by atoms with Crippen molar-refractivity contribution in [2.75, 3.05) is 0 Å². The topological polar surface area (TPSA) is 52.6 Å². The SMILES string of the molecule is C=CC(=O)C[C@H](CC(=O)OC(C)C)OCc1ccccc1. The van der Waals surface area contributed by atoms with E-state index in [9.17, 15) is 9.59 Å². The van der Waals surface area contributed by atoms with E-state index >= 15 is 0 Å². The van der Waals surface area contributed by atoms with Crippen molar-refractivity contribution in [2.24, 2.45) is 0 Å². The number of esters is 1. The Morgan fingerprint density at radius 1 is 1.19 bits per heavy atom. The number of hydrogen-bond acceptors (Lipinski definition) is 4. The molecule has 0 saturated heterocycles. The highest BCUT2D eigenvalue weighted by Crippen LogP contribution is 2.11. The van der Waals surface area contributed by atoms with Crippen LogP contribution in [0.1, 0.15) is 32.3 Å². The number of carbonyl (C=O) groups is 2. The predicted octanol–water partition coefficient (Wildman–Crippen LogP) is 3.06. The number of hydrogen-bond donors (Lipinski definition) is 0. The number of rotatable bonds is 9. The van der Waals surface area contributed by atoms with Crippen LogP contribution in [0.3, 0.4) is 0 Å². The summed E-state index contributed by atoms with van der Waals surface area (Å²) in [6, 6.07) is 9.60. The maximum Gasteiger partial charge on any atom is 0.308 e. The molecule has 1 aromatic rings. The first kappa shape index (κ1) is 17.1. The predicted molar refractivity (Wildman–Crippen MR) is 80.7 cm³/mol. The number of ether oxygens (including phenoxy) is 2. The summed E-state index contributed by atoms with van der Waals surface area (Å²) in [5.74, 6) is -0.509. The molecule has 0 aromatic heterocycles. The molecule has 21 heavy (non-hydrogen) atoms. The van der Waals surface area contributed by atoms with E-state index in [1.54, 1.807) is 13.8 Å². The van der Waals surface area contributed by atoms with Crippen molar-refractivity contribution < 1.29 is 19.1 Å². The summed E-state index contributed by atoms with van der Waals surface area (Å²) in [6.07, 6.45) is 0.755. The molecule has 0 bridgehead atoms. The number of ketones is 1. The quantitative estimate of drug-likeness (QED) is 0.518. The van der Waals surface area contributed by atoms with Crippen LogP contribution in [0.5, 0.6) is 0 Å². The first-order valence-corrected chi connectivity index (χ1v) is 7.01. The molecule has 1 rings (SSSR count). The van der Waals surface area contributed by atoms with Crippen LogP contribution >= 0.6 is 0 Å². The van der Waals surface area contributed by atoms with Gasteiger partial charge in [0, 0.05) is 6.42 Å². The van der Waals surface area contributed by atoms with Crippen LogP contribution in [0.25, 0.3) is 0 Å². The molecule has 0 amide bonds. The van der Waals surface area contributed by atoms with E-state index in [4.69, 9.17) is 9.47 Å². The van der Waals surface area contributed by atoms with Crippen LogP contribution in [-0.2, 0) is 25.7 Å². The first-order valence-electron chi connectivity index (χ1n) is 7.01. The molecule has 0 aliphatic rings. The Balaban J connectivity index is 2.57. The first-order chi connectivity index (χ1) is 10.0. The molecule has 1 aromatic carbocycles. The molecule has 0 spiro atoms. The Morgan fingerprint density at radius 2 is 1.86 bits per heavy atom. The van der Waals surface area contributed by atoms with Crippen molar-refractivity contribution in [3.63, 3.8) is 0 Å². The van der Waals surface area contributed by atoms with Crippen molar-refractivity contribution in [1.82, 2.24) is 0 Å². The fourth-order valence-corrected chi connectivity index (χ4v) is 1.78. The average molecular weight is 290 g/mol. The minimum atomic E-state index is -0.498. The highest BCUT2D eigenvalue weighted by molar-refractivity contribution is 5.89. The second-order valence-corrected chi connectivity index (χ2v) is 5.04. The van der Waals surface area contributed by atoms with Gasteiger partial charge in [-0.1, -0.05) is 36.9 Å². The van der Waals surface area contributed by atoms with Crippen LogP contribution in [-0.4, -0.2) is 24.0 Å². The Morgan fingerprint density at radius 3 is 2.43 bits per heavy atom. The summed E-state index contributed by atoms with van der Waals surface area (Å²) in [5, 5.41) is 0. The van der Waals surface area contributed by atoms with E-state index in [2.05, 4.69) is 6.58 Å². The summed E-state index contributed by atoms with van der Waals surface area (Å²) >= 11 is 0. The molecule has 0 aliphatic carbocycles. The lowest BCUT2D eigenvalue weighted by Gasteiger charge is -2.17. The average Bonchev–Trinajstić information content (AvgIpc) is 2.44. The van der Waals surface area contributed by atoms with E-state index in [0.29, 0.717) is 6.61 Å². The summed E-state index contributed by atoms with van der Waals surface area (Å²) < 4.78 is 10.8. The van der Waals surface area contributed by atoms with Gasteiger partial charge < -0.3 is 9.47 Å². The molecule has 0 unspecified atom stereocenters. The van der Waals surface area contributed by atoms with Gasteiger partial charge in [-0.3, -0.25) is 9.59 Å². The molecule has 4 nitrogen and oxygen atoms in total. The fourth-order valence-electron chi connectivity index (χ4n) is 1.78. The Hall–Kier alpha value is -1.94. The van der Waals surface area contributed by atoms with Crippen molar-refractivity contribution >= 4 is 11.8 Å². The van der Waals surface area contributed by atoms with E-state index < -0.39 is 6.10 Å². The molecule has 0 heterocycles. The molecule has 0 saturated carbocycles. The second kappa shape index (κ2) is 9.08. The maximum atomic E-state index is 11.7. The monoisotopic (exact) mass is 290 g/mol. The molecule has 0 radical (unpaired) electrons. The minimum absolute atomic E-state index is 0.0601. The molecule has 0 fully saturated rings. The maximum absolute atomic E-state index is 11.7. The van der Waals surface area contributed by atoms with Crippen molar-refractivity contribution in [3.05, 3.63) is 48.6 Å². The second-order valence-electron chi connectivity index (χ2n) is 5.04. The summed E-state index contributed by atoms with van der Waals surface area (Å²) in [4.78, 5) is 23.2. The standard InChI is InChI=1S/C17H22O4/c1-4-15(18)10-16(11-17(19)21-13(2)3)20-12-14-8-6-5-7-9-14/h4-9,13,16H,1,10-12H2,2-3H3/t16-/m1/s1. The zero-order valence-electron chi connectivity index (χ0n) is 12.6. The van der Waals surface area contributed by atoms with Gasteiger partial charge in [0.2, 0.25) is 0 Å². The lowest BCUT2D eigenvalue weighted by molar-refractivity contribution is -0.151. The molecular weight excluding hydrogens is 268 g/mol. The number of allylic oxidation sites excluding steroid dienone is 1. The van der Waals surface area contributed by atoms with Crippen molar-refractivity contribution in [2.45, 2.75) is 45.5 Å². The third kappa shape index (κ3) is 7.42. The molecule has 114 valence electrons. The minimum Gasteiger partial charge on any atom is -0.463 e. The van der Waals surface area contributed by atoms with Crippen LogP contribution in [0.4, 0.5) is 0 Å². The number of benzene rings is 1. The van der Waals surface area contributed by atoms with E-state index in [0.717, 1.165) is 5.56 Å². The summed E-state index contributed by atoms with van der Waals surface area (Å²) in [6.45, 7) is 7.36. The largest absolute Gasteiger partial charge is 0.463 e. The third-order valence-electron chi connectivity index (χ3n) is 2.75. The molecule has 0 aliphatic heterocycles. The van der Waals surface area contributed by atoms with Crippen LogP contribution in [0, 0.1) is 0 Å². The summed E-state index contributed by atoms with van der Waals surface area (Å²) in [5.41, 5.74) is 0.991. The van der Waals surface area contributed by atoms with Gasteiger partial charge in [0.15, 0.2) is 5.78 Å². The lowest BCUT2D eigenvalue weighted by atomic mass is 10.1. The van der Waals surface area contributed by atoms with E-state index in [1.807, 2.05) is 30.3 Å². The highest BCUT2D eigenvalue weighted by atomic mass is 16.5. The molecule has 0 N–H and O–H groups in total.